The number of nitrogens with zero attached hydrogens (tertiary/aromatic N) is 5. The van der Waals surface area contributed by atoms with Gasteiger partial charge in [0.2, 0.25) is 0 Å². The number of ether oxygens (including phenoxy) is 1. The molecule has 2 fully saturated rings. The van der Waals surface area contributed by atoms with Crippen LogP contribution < -0.4 is 0 Å². The molecular formula is C25H31N5O3. The first kappa shape index (κ1) is 21.8. The Labute approximate surface area is 193 Å². The number of likely N-dealkylation sites (tertiary alicyclic amines) is 1. The van der Waals surface area contributed by atoms with E-state index in [4.69, 9.17) is 9.72 Å². The number of hydrogen-bond donors (Lipinski definition) is 1. The van der Waals surface area contributed by atoms with E-state index in [9.17, 15) is 9.90 Å². The van der Waals surface area contributed by atoms with Gasteiger partial charge in [-0.2, -0.15) is 5.10 Å². The van der Waals surface area contributed by atoms with Gasteiger partial charge in [-0.15, -0.1) is 0 Å². The van der Waals surface area contributed by atoms with Crippen LogP contribution in [0, 0.1) is 11.3 Å². The highest BCUT2D eigenvalue weighted by Crippen LogP contribution is 2.39. The Balaban J connectivity index is 1.41. The van der Waals surface area contributed by atoms with E-state index in [1.807, 2.05) is 35.3 Å². The zero-order valence-electron chi connectivity index (χ0n) is 19.4. The van der Waals surface area contributed by atoms with Crippen LogP contribution in [0.5, 0.6) is 0 Å². The average Bonchev–Trinajstić information content (AvgIpc) is 3.18. The molecule has 1 aliphatic carbocycles. The van der Waals surface area contributed by atoms with Gasteiger partial charge in [0.25, 0.3) is 0 Å². The van der Waals surface area contributed by atoms with Gasteiger partial charge in [0, 0.05) is 36.9 Å². The van der Waals surface area contributed by atoms with Crippen LogP contribution in [0.15, 0.2) is 36.8 Å². The average molecular weight is 450 g/mol. The van der Waals surface area contributed by atoms with E-state index < -0.39 is 0 Å². The van der Waals surface area contributed by atoms with Crippen LogP contribution in [0.25, 0.3) is 22.3 Å². The Morgan fingerprint density at radius 2 is 2.00 bits per heavy atom. The Morgan fingerprint density at radius 3 is 2.67 bits per heavy atom. The van der Waals surface area contributed by atoms with Gasteiger partial charge in [-0.1, -0.05) is 26.8 Å². The molecule has 1 N–H and O–H groups in total. The molecule has 174 valence electrons. The van der Waals surface area contributed by atoms with Gasteiger partial charge in [-0.3, -0.25) is 9.67 Å². The summed E-state index contributed by atoms with van der Waals surface area (Å²) in [5, 5.41) is 13.8. The van der Waals surface area contributed by atoms with Gasteiger partial charge < -0.3 is 14.7 Å². The fraction of sp³-hybridized carbons (Fsp3) is 0.520. The van der Waals surface area contributed by atoms with Crippen molar-refractivity contribution >= 4 is 17.1 Å². The normalized spacial score (nSPS) is 21.4. The molecule has 1 saturated carbocycles. The summed E-state index contributed by atoms with van der Waals surface area (Å²) in [6.07, 6.45) is 7.89. The molecule has 1 aliphatic heterocycles. The summed E-state index contributed by atoms with van der Waals surface area (Å²) < 4.78 is 7.91. The molecule has 2 aromatic heterocycles. The Hall–Kier alpha value is -3.00. The van der Waals surface area contributed by atoms with Gasteiger partial charge >= 0.3 is 6.09 Å². The first-order valence-corrected chi connectivity index (χ1v) is 11.7. The van der Waals surface area contributed by atoms with Crippen LogP contribution in [0.1, 0.15) is 57.7 Å². The molecule has 8 nitrogen and oxygen atoms in total. The van der Waals surface area contributed by atoms with Crippen LogP contribution in [-0.4, -0.2) is 55.5 Å². The number of rotatable bonds is 5. The fourth-order valence-corrected chi connectivity index (χ4v) is 4.49. The van der Waals surface area contributed by atoms with Crippen molar-refractivity contribution in [3.63, 3.8) is 0 Å². The summed E-state index contributed by atoms with van der Waals surface area (Å²) in [4.78, 5) is 23.7. The summed E-state index contributed by atoms with van der Waals surface area (Å²) in [6.45, 7) is 7.98. The van der Waals surface area contributed by atoms with E-state index in [1.165, 1.54) is 0 Å². The molecule has 1 aromatic carbocycles. The molecule has 0 radical (unpaired) electrons. The topological polar surface area (TPSA) is 93.4 Å². The van der Waals surface area contributed by atoms with E-state index in [-0.39, 0.29) is 24.2 Å². The number of carbonyl (C=O) groups is 1. The molecular weight excluding hydrogens is 418 g/mol. The van der Waals surface area contributed by atoms with Crippen molar-refractivity contribution in [3.05, 3.63) is 42.4 Å². The number of aliphatic hydroxyl groups excluding tert-OH is 1. The van der Waals surface area contributed by atoms with Crippen molar-refractivity contribution in [2.24, 2.45) is 11.3 Å². The molecule has 0 spiro atoms. The van der Waals surface area contributed by atoms with Crippen molar-refractivity contribution in [1.29, 1.82) is 0 Å². The maximum atomic E-state index is 12.5. The van der Waals surface area contributed by atoms with Gasteiger partial charge in [0.05, 0.1) is 35.2 Å². The summed E-state index contributed by atoms with van der Waals surface area (Å²) in [5.41, 5.74) is 3.87. The lowest BCUT2D eigenvalue weighted by molar-refractivity contribution is -0.00101. The minimum atomic E-state index is -0.388. The number of aromatic nitrogens is 4. The quantitative estimate of drug-likeness (QED) is 0.622. The highest BCUT2D eigenvalue weighted by Gasteiger charge is 2.33. The predicted octanol–water partition coefficient (Wildman–Crippen LogP) is 4.37. The molecule has 1 unspecified atom stereocenters. The van der Waals surface area contributed by atoms with E-state index in [1.54, 1.807) is 11.1 Å². The van der Waals surface area contributed by atoms with Crippen LogP contribution >= 0.6 is 0 Å². The second kappa shape index (κ2) is 8.41. The summed E-state index contributed by atoms with van der Waals surface area (Å²) in [6, 6.07) is 6.23. The predicted molar refractivity (Wildman–Crippen MR) is 124 cm³/mol. The lowest BCUT2D eigenvalue weighted by Crippen LogP contribution is -2.43. The summed E-state index contributed by atoms with van der Waals surface area (Å²) in [7, 11) is 0. The maximum absolute atomic E-state index is 12.5. The zero-order chi connectivity index (χ0) is 23.2. The number of aliphatic hydroxyl groups is 1. The van der Waals surface area contributed by atoms with Gasteiger partial charge in [-0.05, 0) is 42.9 Å². The molecule has 3 heterocycles. The van der Waals surface area contributed by atoms with Crippen LogP contribution in [0.2, 0.25) is 0 Å². The SMILES string of the molecule is CC(C)(C)C(OC(=O)N1CCC1)c1ccc2ncc(-c3cnn(C4CC(CO)C4)c3)nc2c1. The third-order valence-corrected chi connectivity index (χ3v) is 6.73. The molecule has 1 saturated heterocycles. The monoisotopic (exact) mass is 449 g/mol. The van der Waals surface area contributed by atoms with Crippen molar-refractivity contribution in [3.8, 4) is 11.3 Å². The van der Waals surface area contributed by atoms with Crippen LogP contribution in [-0.2, 0) is 4.74 Å². The largest absolute Gasteiger partial charge is 0.441 e. The first-order chi connectivity index (χ1) is 15.8. The summed E-state index contributed by atoms with van der Waals surface area (Å²) in [5.74, 6) is 0.382. The molecule has 2 aliphatic rings. The van der Waals surface area contributed by atoms with E-state index in [2.05, 4.69) is 30.9 Å². The highest BCUT2D eigenvalue weighted by molar-refractivity contribution is 5.78. The molecule has 5 rings (SSSR count). The molecule has 8 heteroatoms. The number of benzene rings is 1. The molecule has 1 amide bonds. The third-order valence-electron chi connectivity index (χ3n) is 6.73. The van der Waals surface area contributed by atoms with Crippen LogP contribution in [0.3, 0.4) is 0 Å². The number of fused-ring (bicyclic) bond motifs is 1. The summed E-state index contributed by atoms with van der Waals surface area (Å²) >= 11 is 0. The van der Waals surface area contributed by atoms with Gasteiger partial charge in [-0.25, -0.2) is 9.78 Å². The molecule has 3 aromatic rings. The van der Waals surface area contributed by atoms with Crippen molar-refractivity contribution < 1.29 is 14.6 Å². The minimum Gasteiger partial charge on any atom is -0.441 e. The second-order valence-electron chi connectivity index (χ2n) is 10.4. The van der Waals surface area contributed by atoms with Gasteiger partial charge in [0.15, 0.2) is 0 Å². The van der Waals surface area contributed by atoms with E-state index >= 15 is 0 Å². The van der Waals surface area contributed by atoms with Crippen molar-refractivity contribution in [1.82, 2.24) is 24.6 Å². The zero-order valence-corrected chi connectivity index (χ0v) is 19.4. The lowest BCUT2D eigenvalue weighted by atomic mass is 9.81. The Kier molecular flexibility index (Phi) is 5.56. The standard InChI is InChI=1S/C25H31N5O3/c1-25(2,3)23(33-24(32)29-7-4-8-29)17-5-6-20-21(11-17)28-22(13-26-20)18-12-27-30(14-18)19-9-16(10-19)15-31/h5-6,11-14,16,19,23,31H,4,7-10,15H2,1-3H3. The minimum absolute atomic E-state index is 0.242. The number of amides is 1. The lowest BCUT2D eigenvalue weighted by Gasteiger charge is -2.36. The highest BCUT2D eigenvalue weighted by atomic mass is 16.6. The molecule has 33 heavy (non-hydrogen) atoms. The van der Waals surface area contributed by atoms with Crippen LogP contribution in [0.4, 0.5) is 4.79 Å². The third kappa shape index (κ3) is 4.31. The number of hydrogen-bond acceptors (Lipinski definition) is 6. The maximum Gasteiger partial charge on any atom is 0.410 e. The van der Waals surface area contributed by atoms with E-state index in [0.717, 1.165) is 60.2 Å². The van der Waals surface area contributed by atoms with Crippen molar-refractivity contribution in [2.75, 3.05) is 19.7 Å². The van der Waals surface area contributed by atoms with Gasteiger partial charge in [0.1, 0.15) is 6.10 Å². The fourth-order valence-electron chi connectivity index (χ4n) is 4.49. The smallest absolute Gasteiger partial charge is 0.410 e. The number of carbonyl (C=O) groups excluding carboxylic acids is 1. The molecule has 1 atom stereocenters. The van der Waals surface area contributed by atoms with Crippen molar-refractivity contribution in [2.45, 2.75) is 52.2 Å². The molecule has 0 bridgehead atoms. The van der Waals surface area contributed by atoms with E-state index in [0.29, 0.717) is 12.0 Å². The second-order valence-corrected chi connectivity index (χ2v) is 10.4. The Morgan fingerprint density at radius 1 is 1.21 bits per heavy atom. The Bertz CT molecular complexity index is 1160. The first-order valence-electron chi connectivity index (χ1n) is 11.7.